The molecule has 0 spiro atoms. The van der Waals surface area contributed by atoms with E-state index in [1.165, 1.54) is 19.2 Å². The highest BCUT2D eigenvalue weighted by atomic mass is 19.1. The summed E-state index contributed by atoms with van der Waals surface area (Å²) >= 11 is 0. The second kappa shape index (κ2) is 7.47. The summed E-state index contributed by atoms with van der Waals surface area (Å²) in [6.45, 7) is 0.811. The SMILES string of the molecule is COCc1nc(CNC(=O)C2CNNC2c2cccc(F)c2)no1. The minimum absolute atomic E-state index is 0.151. The minimum atomic E-state index is -0.378. The van der Waals surface area contributed by atoms with Crippen LogP contribution in [0.4, 0.5) is 4.39 Å². The van der Waals surface area contributed by atoms with E-state index >= 15 is 0 Å². The van der Waals surface area contributed by atoms with Crippen LogP contribution >= 0.6 is 0 Å². The van der Waals surface area contributed by atoms with Crippen LogP contribution in [0.3, 0.4) is 0 Å². The van der Waals surface area contributed by atoms with Gasteiger partial charge in [-0.2, -0.15) is 4.98 Å². The molecule has 1 aliphatic heterocycles. The molecule has 0 bridgehead atoms. The van der Waals surface area contributed by atoms with E-state index in [2.05, 4.69) is 26.3 Å². The number of methoxy groups -OCH3 is 1. The average molecular weight is 335 g/mol. The molecule has 3 rings (SSSR count). The second-order valence-electron chi connectivity index (χ2n) is 5.42. The van der Waals surface area contributed by atoms with Gasteiger partial charge < -0.3 is 14.6 Å². The van der Waals surface area contributed by atoms with Gasteiger partial charge in [0.1, 0.15) is 12.4 Å². The summed E-state index contributed by atoms with van der Waals surface area (Å²) in [5.74, 6) is -0.171. The summed E-state index contributed by atoms with van der Waals surface area (Å²) in [6, 6.07) is 5.88. The van der Waals surface area contributed by atoms with E-state index in [9.17, 15) is 9.18 Å². The highest BCUT2D eigenvalue weighted by Crippen LogP contribution is 2.25. The second-order valence-corrected chi connectivity index (χ2v) is 5.42. The monoisotopic (exact) mass is 335 g/mol. The Morgan fingerprint density at radius 1 is 1.54 bits per heavy atom. The molecule has 2 atom stereocenters. The molecular weight excluding hydrogens is 317 g/mol. The maximum Gasteiger partial charge on any atom is 0.252 e. The summed E-state index contributed by atoms with van der Waals surface area (Å²) in [4.78, 5) is 16.5. The fourth-order valence-corrected chi connectivity index (χ4v) is 2.60. The number of nitrogens with zero attached hydrogens (tertiary/aromatic N) is 2. The Kier molecular flexibility index (Phi) is 5.14. The van der Waals surface area contributed by atoms with E-state index in [1.54, 1.807) is 12.1 Å². The highest BCUT2D eigenvalue weighted by molar-refractivity contribution is 5.80. The van der Waals surface area contributed by atoms with E-state index < -0.39 is 0 Å². The summed E-state index contributed by atoms with van der Waals surface area (Å²) in [5.41, 5.74) is 6.66. The van der Waals surface area contributed by atoms with Crippen molar-refractivity contribution in [1.82, 2.24) is 26.3 Å². The molecule has 1 saturated heterocycles. The molecule has 0 aliphatic carbocycles. The van der Waals surface area contributed by atoms with Gasteiger partial charge >= 0.3 is 0 Å². The normalized spacial score (nSPS) is 20.2. The van der Waals surface area contributed by atoms with Gasteiger partial charge in [-0.05, 0) is 17.7 Å². The quantitative estimate of drug-likeness (QED) is 0.704. The van der Waals surface area contributed by atoms with Crippen LogP contribution in [0, 0.1) is 11.7 Å². The zero-order valence-electron chi connectivity index (χ0n) is 13.1. The zero-order chi connectivity index (χ0) is 16.9. The maximum absolute atomic E-state index is 13.4. The zero-order valence-corrected chi connectivity index (χ0v) is 13.1. The number of carbonyl (C=O) groups is 1. The first kappa shape index (κ1) is 16.5. The Morgan fingerprint density at radius 2 is 2.42 bits per heavy atom. The van der Waals surface area contributed by atoms with Gasteiger partial charge in [0.2, 0.25) is 5.91 Å². The van der Waals surface area contributed by atoms with Gasteiger partial charge in [-0.15, -0.1) is 0 Å². The van der Waals surface area contributed by atoms with Crippen LogP contribution in [0.2, 0.25) is 0 Å². The number of nitrogens with one attached hydrogen (secondary N) is 3. The van der Waals surface area contributed by atoms with E-state index in [0.717, 1.165) is 0 Å². The van der Waals surface area contributed by atoms with Gasteiger partial charge in [-0.1, -0.05) is 17.3 Å². The number of hydrogen-bond donors (Lipinski definition) is 3. The van der Waals surface area contributed by atoms with E-state index in [-0.39, 0.29) is 36.8 Å². The first-order chi connectivity index (χ1) is 11.7. The number of hydrogen-bond acceptors (Lipinski definition) is 7. The van der Waals surface area contributed by atoms with Crippen molar-refractivity contribution in [2.75, 3.05) is 13.7 Å². The fourth-order valence-electron chi connectivity index (χ4n) is 2.60. The summed E-state index contributed by atoms with van der Waals surface area (Å²) in [7, 11) is 1.53. The molecule has 0 radical (unpaired) electrons. The lowest BCUT2D eigenvalue weighted by Crippen LogP contribution is -2.35. The van der Waals surface area contributed by atoms with Crippen LogP contribution in [-0.4, -0.2) is 29.7 Å². The third-order valence-electron chi connectivity index (χ3n) is 3.73. The molecule has 9 heteroatoms. The van der Waals surface area contributed by atoms with Crippen LogP contribution in [0.1, 0.15) is 23.3 Å². The molecule has 128 valence electrons. The standard InChI is InChI=1S/C15H18FN5O3/c1-23-8-13-19-12(21-24-13)7-17-15(22)11-6-18-20-14(11)9-3-2-4-10(16)5-9/h2-5,11,14,18,20H,6-8H2,1H3,(H,17,22). The van der Waals surface area contributed by atoms with E-state index in [1.807, 2.05) is 0 Å². The summed E-state index contributed by atoms with van der Waals surface area (Å²) in [5, 5.41) is 6.53. The molecule has 1 aromatic heterocycles. The van der Waals surface area contributed by atoms with Crippen LogP contribution in [0.15, 0.2) is 28.8 Å². The average Bonchev–Trinajstić information content (AvgIpc) is 3.22. The Labute approximate surface area is 137 Å². The van der Waals surface area contributed by atoms with Crippen LogP contribution < -0.4 is 16.2 Å². The number of rotatable bonds is 6. The molecule has 24 heavy (non-hydrogen) atoms. The summed E-state index contributed by atoms with van der Waals surface area (Å²) in [6.07, 6.45) is 0. The fraction of sp³-hybridized carbons (Fsp3) is 0.400. The summed E-state index contributed by atoms with van der Waals surface area (Å²) < 4.78 is 23.3. The van der Waals surface area contributed by atoms with Crippen molar-refractivity contribution in [3.05, 3.63) is 47.4 Å². The highest BCUT2D eigenvalue weighted by Gasteiger charge is 2.34. The molecule has 8 nitrogen and oxygen atoms in total. The molecule has 2 unspecified atom stereocenters. The van der Waals surface area contributed by atoms with E-state index in [0.29, 0.717) is 23.8 Å². The lowest BCUT2D eigenvalue weighted by Gasteiger charge is -2.18. The maximum atomic E-state index is 13.4. The number of ether oxygens (including phenoxy) is 1. The first-order valence-electron chi connectivity index (χ1n) is 7.49. The Hall–Kier alpha value is -2.36. The van der Waals surface area contributed by atoms with Crippen molar-refractivity contribution in [3.8, 4) is 0 Å². The number of halogens is 1. The molecule has 1 aliphatic rings. The molecule has 1 fully saturated rings. The number of hydrazine groups is 1. The van der Waals surface area contributed by atoms with Crippen molar-refractivity contribution in [2.24, 2.45) is 5.92 Å². The predicted octanol–water partition coefficient (Wildman–Crippen LogP) is 0.437. The Balaban J connectivity index is 1.61. The van der Waals surface area contributed by atoms with Crippen LogP contribution in [0.25, 0.3) is 0 Å². The van der Waals surface area contributed by atoms with Crippen LogP contribution in [-0.2, 0) is 22.7 Å². The predicted molar refractivity (Wildman–Crippen MR) is 80.6 cm³/mol. The van der Waals surface area contributed by atoms with Crippen LogP contribution in [0.5, 0.6) is 0 Å². The van der Waals surface area contributed by atoms with Crippen molar-refractivity contribution >= 4 is 5.91 Å². The molecule has 2 aromatic rings. The Bertz CT molecular complexity index is 708. The van der Waals surface area contributed by atoms with Crippen molar-refractivity contribution in [3.63, 3.8) is 0 Å². The van der Waals surface area contributed by atoms with Gasteiger partial charge in [0.15, 0.2) is 5.82 Å². The first-order valence-corrected chi connectivity index (χ1v) is 7.49. The van der Waals surface area contributed by atoms with Crippen molar-refractivity contribution in [2.45, 2.75) is 19.2 Å². The van der Waals surface area contributed by atoms with Gasteiger partial charge in [0, 0.05) is 13.7 Å². The third-order valence-corrected chi connectivity index (χ3v) is 3.73. The number of aromatic nitrogens is 2. The molecule has 0 saturated carbocycles. The smallest absolute Gasteiger partial charge is 0.252 e. The largest absolute Gasteiger partial charge is 0.375 e. The molecule has 3 N–H and O–H groups in total. The van der Waals surface area contributed by atoms with Crippen molar-refractivity contribution in [1.29, 1.82) is 0 Å². The van der Waals surface area contributed by atoms with E-state index in [4.69, 9.17) is 9.26 Å². The minimum Gasteiger partial charge on any atom is -0.375 e. The number of amides is 1. The van der Waals surface area contributed by atoms with Gasteiger partial charge in [-0.25, -0.2) is 9.82 Å². The van der Waals surface area contributed by atoms with Gasteiger partial charge in [0.25, 0.3) is 5.89 Å². The molecule has 2 heterocycles. The molecule has 1 amide bonds. The molecular formula is C15H18FN5O3. The van der Waals surface area contributed by atoms with Gasteiger partial charge in [-0.3, -0.25) is 10.2 Å². The van der Waals surface area contributed by atoms with Crippen molar-refractivity contribution < 1.29 is 18.4 Å². The number of carbonyl (C=O) groups excluding carboxylic acids is 1. The Morgan fingerprint density at radius 3 is 3.21 bits per heavy atom. The lowest BCUT2D eigenvalue weighted by molar-refractivity contribution is -0.125. The third kappa shape index (κ3) is 3.75. The molecule has 1 aromatic carbocycles. The number of benzene rings is 1. The topological polar surface area (TPSA) is 101 Å². The lowest BCUT2D eigenvalue weighted by atomic mass is 9.94. The van der Waals surface area contributed by atoms with Gasteiger partial charge in [0.05, 0.1) is 18.5 Å².